The lowest BCUT2D eigenvalue weighted by molar-refractivity contribution is -0.122. The van der Waals surface area contributed by atoms with E-state index in [0.717, 1.165) is 23.1 Å². The number of carbonyl (C=O) groups excluding carboxylic acids is 3. The maximum absolute atomic E-state index is 13.5. The second kappa shape index (κ2) is 12.0. The average molecular weight is 586 g/mol. The van der Waals surface area contributed by atoms with Gasteiger partial charge in [0.1, 0.15) is 18.1 Å². The van der Waals surface area contributed by atoms with E-state index in [0.29, 0.717) is 11.5 Å². The van der Waals surface area contributed by atoms with Gasteiger partial charge in [-0.3, -0.25) is 29.3 Å². The summed E-state index contributed by atoms with van der Waals surface area (Å²) in [5, 5.41) is 13.3. The van der Waals surface area contributed by atoms with Crippen LogP contribution in [0.5, 0.6) is 0 Å². The van der Waals surface area contributed by atoms with Crippen molar-refractivity contribution in [1.29, 1.82) is 0 Å². The zero-order chi connectivity index (χ0) is 30.7. The van der Waals surface area contributed by atoms with E-state index in [4.69, 9.17) is 4.42 Å². The number of hydrogen-bond donors (Lipinski definition) is 2. The molecule has 1 atom stereocenters. The Labute approximate surface area is 246 Å². The zero-order valence-corrected chi connectivity index (χ0v) is 24.2. The van der Waals surface area contributed by atoms with Crippen LogP contribution in [0.4, 0.5) is 10.5 Å². The number of ether oxygens (including phenoxy) is 1. The molecule has 0 unspecified atom stereocenters. The second-order valence-corrected chi connectivity index (χ2v) is 10.6. The molecule has 5 rings (SSSR count). The fraction of sp³-hybridized carbons (Fsp3) is 0.333. The number of Topliss-reactive ketones (excluding diaryl/α,β-unsaturated/α-hetero) is 1. The van der Waals surface area contributed by atoms with Crippen molar-refractivity contribution in [2.45, 2.75) is 51.6 Å². The van der Waals surface area contributed by atoms with Crippen LogP contribution in [0.25, 0.3) is 11.4 Å². The molecule has 1 aliphatic carbocycles. The molecule has 2 N–H and O–H groups in total. The standard InChI is InChI=1S/C30H31N7O6/c1-17(2)22(24(39)26-35-36-28(43-26)30(13-14-30)20-12-8-9-15-31-20)33-21(38)16-37-25(19-10-6-5-7-11-19)32-18(3)23(27(37)40)34-29(41)42-4/h5-12,15,17,22H,13-14,16H2,1-4H3,(H,33,38)(H,34,41)/t22-/m1/s1. The Morgan fingerprint density at radius 1 is 1.07 bits per heavy atom. The molecule has 222 valence electrons. The SMILES string of the molecule is COC(=O)Nc1c(C)nc(-c2ccccc2)n(CC(=O)N[C@@H](C(=O)c2nnc(C3(c4ccccn4)CC3)o2)C(C)C)c1=O. The molecule has 0 radical (unpaired) electrons. The lowest BCUT2D eigenvalue weighted by Crippen LogP contribution is -2.46. The van der Waals surface area contributed by atoms with E-state index in [1.165, 1.54) is 7.11 Å². The number of carbonyl (C=O) groups is 3. The highest BCUT2D eigenvalue weighted by Gasteiger charge is 2.52. The van der Waals surface area contributed by atoms with Gasteiger partial charge in [0, 0.05) is 11.8 Å². The maximum Gasteiger partial charge on any atom is 0.411 e. The van der Waals surface area contributed by atoms with Gasteiger partial charge in [-0.1, -0.05) is 50.2 Å². The number of pyridine rings is 1. The first-order valence-electron chi connectivity index (χ1n) is 13.8. The molecule has 0 aliphatic heterocycles. The van der Waals surface area contributed by atoms with Crippen LogP contribution in [-0.2, 0) is 21.5 Å². The third-order valence-electron chi connectivity index (χ3n) is 7.31. The molecule has 1 saturated carbocycles. The van der Waals surface area contributed by atoms with Gasteiger partial charge in [-0.25, -0.2) is 9.78 Å². The number of aromatic nitrogens is 5. The van der Waals surface area contributed by atoms with Gasteiger partial charge < -0.3 is 14.5 Å². The number of methoxy groups -OCH3 is 1. The largest absolute Gasteiger partial charge is 0.453 e. The van der Waals surface area contributed by atoms with Crippen LogP contribution in [0.15, 0.2) is 63.9 Å². The van der Waals surface area contributed by atoms with E-state index >= 15 is 0 Å². The monoisotopic (exact) mass is 585 g/mol. The number of aryl methyl sites for hydroxylation is 1. The van der Waals surface area contributed by atoms with Gasteiger partial charge in [0.05, 0.1) is 30.0 Å². The number of benzene rings is 1. The smallest absolute Gasteiger partial charge is 0.411 e. The minimum absolute atomic E-state index is 0.129. The molecule has 0 spiro atoms. The molecule has 2 amide bonds. The third kappa shape index (κ3) is 5.92. The van der Waals surface area contributed by atoms with Gasteiger partial charge in [-0.05, 0) is 37.8 Å². The number of nitrogens with zero attached hydrogens (tertiary/aromatic N) is 5. The third-order valence-corrected chi connectivity index (χ3v) is 7.31. The van der Waals surface area contributed by atoms with E-state index in [1.54, 1.807) is 51.2 Å². The van der Waals surface area contributed by atoms with Crippen molar-refractivity contribution >= 4 is 23.5 Å². The van der Waals surface area contributed by atoms with Crippen LogP contribution < -0.4 is 16.2 Å². The number of amides is 2. The summed E-state index contributed by atoms with van der Waals surface area (Å²) in [5.74, 6) is -1.24. The lowest BCUT2D eigenvalue weighted by Gasteiger charge is -2.21. The van der Waals surface area contributed by atoms with Crippen molar-refractivity contribution in [2.75, 3.05) is 12.4 Å². The van der Waals surface area contributed by atoms with Crippen LogP contribution in [-0.4, -0.2) is 55.7 Å². The van der Waals surface area contributed by atoms with E-state index in [1.807, 2.05) is 24.3 Å². The lowest BCUT2D eigenvalue weighted by atomic mass is 9.99. The van der Waals surface area contributed by atoms with E-state index in [-0.39, 0.29) is 29.0 Å². The maximum atomic E-state index is 13.5. The number of ketones is 1. The van der Waals surface area contributed by atoms with Gasteiger partial charge >= 0.3 is 6.09 Å². The summed E-state index contributed by atoms with van der Waals surface area (Å²) in [6, 6.07) is 13.4. The highest BCUT2D eigenvalue weighted by Crippen LogP contribution is 2.52. The van der Waals surface area contributed by atoms with Gasteiger partial charge in [0.15, 0.2) is 0 Å². The van der Waals surface area contributed by atoms with E-state index in [9.17, 15) is 19.2 Å². The first-order valence-corrected chi connectivity index (χ1v) is 13.8. The van der Waals surface area contributed by atoms with Crippen LogP contribution in [0.3, 0.4) is 0 Å². The highest BCUT2D eigenvalue weighted by atomic mass is 16.5. The Kier molecular flexibility index (Phi) is 8.15. The predicted octanol–water partition coefficient (Wildman–Crippen LogP) is 3.28. The molecule has 3 heterocycles. The van der Waals surface area contributed by atoms with Crippen LogP contribution in [0.1, 0.15) is 54.7 Å². The Hall–Kier alpha value is -5.20. The quantitative estimate of drug-likeness (QED) is 0.263. The normalized spacial score (nSPS) is 14.2. The second-order valence-electron chi connectivity index (χ2n) is 10.6. The number of nitrogens with one attached hydrogen (secondary N) is 2. The topological polar surface area (TPSA) is 171 Å². The van der Waals surface area contributed by atoms with Gasteiger partial charge in [-0.2, -0.15) is 0 Å². The first-order chi connectivity index (χ1) is 20.6. The van der Waals surface area contributed by atoms with Crippen molar-refractivity contribution in [3.8, 4) is 11.4 Å². The molecule has 0 bridgehead atoms. The molecule has 1 aliphatic rings. The van der Waals surface area contributed by atoms with Crippen molar-refractivity contribution in [2.24, 2.45) is 5.92 Å². The summed E-state index contributed by atoms with van der Waals surface area (Å²) in [7, 11) is 1.17. The molecule has 1 aromatic carbocycles. The summed E-state index contributed by atoms with van der Waals surface area (Å²) in [6.45, 7) is 4.61. The first kappa shape index (κ1) is 29.3. The Balaban J connectivity index is 1.41. The van der Waals surface area contributed by atoms with Crippen LogP contribution >= 0.6 is 0 Å². The Morgan fingerprint density at radius 2 is 1.79 bits per heavy atom. The highest BCUT2D eigenvalue weighted by molar-refractivity contribution is 5.98. The molecule has 1 fully saturated rings. The molecular formula is C30H31N7O6. The van der Waals surface area contributed by atoms with Crippen molar-refractivity contribution < 1.29 is 23.5 Å². The van der Waals surface area contributed by atoms with Crippen molar-refractivity contribution in [3.05, 3.63) is 88.3 Å². The summed E-state index contributed by atoms with van der Waals surface area (Å²) in [6.07, 6.45) is 2.36. The Bertz CT molecular complexity index is 1710. The molecule has 43 heavy (non-hydrogen) atoms. The minimum Gasteiger partial charge on any atom is -0.453 e. The summed E-state index contributed by atoms with van der Waals surface area (Å²) < 4.78 is 11.6. The molecule has 13 heteroatoms. The Morgan fingerprint density at radius 3 is 2.42 bits per heavy atom. The average Bonchev–Trinajstić information content (AvgIpc) is 3.68. The van der Waals surface area contributed by atoms with Crippen molar-refractivity contribution in [3.63, 3.8) is 0 Å². The number of hydrogen-bond acceptors (Lipinski definition) is 10. The molecular weight excluding hydrogens is 554 g/mol. The zero-order valence-electron chi connectivity index (χ0n) is 24.2. The van der Waals surface area contributed by atoms with E-state index in [2.05, 4.69) is 35.5 Å². The number of anilines is 1. The summed E-state index contributed by atoms with van der Waals surface area (Å²) in [4.78, 5) is 61.3. The minimum atomic E-state index is -1.02. The van der Waals surface area contributed by atoms with Gasteiger partial charge in [0.2, 0.25) is 17.6 Å². The van der Waals surface area contributed by atoms with Crippen LogP contribution in [0, 0.1) is 12.8 Å². The molecule has 13 nitrogen and oxygen atoms in total. The summed E-state index contributed by atoms with van der Waals surface area (Å²) >= 11 is 0. The molecule has 0 saturated heterocycles. The van der Waals surface area contributed by atoms with Gasteiger partial charge in [0.25, 0.3) is 11.4 Å². The number of rotatable bonds is 10. The fourth-order valence-corrected chi connectivity index (χ4v) is 4.81. The predicted molar refractivity (Wildman–Crippen MR) is 154 cm³/mol. The van der Waals surface area contributed by atoms with Crippen LogP contribution in [0.2, 0.25) is 0 Å². The fourth-order valence-electron chi connectivity index (χ4n) is 4.81. The van der Waals surface area contributed by atoms with Gasteiger partial charge in [-0.15, -0.1) is 10.2 Å². The molecule has 3 aromatic heterocycles. The molecule has 4 aromatic rings. The summed E-state index contributed by atoms with van der Waals surface area (Å²) in [5.41, 5.74) is 0.302. The van der Waals surface area contributed by atoms with E-state index < -0.39 is 41.3 Å². The van der Waals surface area contributed by atoms with Crippen molar-refractivity contribution in [1.82, 2.24) is 30.0 Å².